The third-order valence-corrected chi connectivity index (χ3v) is 6.54. The topological polar surface area (TPSA) is 48.9 Å². The number of nitrogens with zero attached hydrogens (tertiary/aromatic N) is 2. The SMILES string of the molecule is CN=C(NCC1(N2CCCC2)CCOCC1)NC(C)c1ccc(Cl)c(Cl)c1. The molecular weight excluding hydrogens is 383 g/mol. The van der Waals surface area contributed by atoms with Crippen LogP contribution in [0.1, 0.15) is 44.2 Å². The molecule has 0 radical (unpaired) electrons. The standard InChI is InChI=1S/C20H30Cl2N4O/c1-15(16-5-6-17(21)18(22)13-16)25-19(23-2)24-14-20(7-11-27-12-8-20)26-9-3-4-10-26/h5-6,13,15H,3-4,7-12,14H2,1-2H3,(H2,23,24,25). The van der Waals surface area contributed by atoms with Gasteiger partial charge in [0, 0.05) is 32.3 Å². The maximum Gasteiger partial charge on any atom is 0.191 e. The molecule has 0 saturated carbocycles. The van der Waals surface area contributed by atoms with Crippen molar-refractivity contribution >= 4 is 29.2 Å². The van der Waals surface area contributed by atoms with Gasteiger partial charge in [-0.25, -0.2) is 0 Å². The van der Waals surface area contributed by atoms with Gasteiger partial charge in [-0.3, -0.25) is 9.89 Å². The van der Waals surface area contributed by atoms with Crippen LogP contribution in [0.25, 0.3) is 0 Å². The minimum atomic E-state index is 0.0726. The van der Waals surface area contributed by atoms with Crippen molar-refractivity contribution in [1.82, 2.24) is 15.5 Å². The van der Waals surface area contributed by atoms with Crippen molar-refractivity contribution in [2.24, 2.45) is 4.99 Å². The van der Waals surface area contributed by atoms with Gasteiger partial charge in [-0.15, -0.1) is 0 Å². The largest absolute Gasteiger partial charge is 0.381 e. The fourth-order valence-corrected chi connectivity index (χ4v) is 4.37. The van der Waals surface area contributed by atoms with E-state index in [2.05, 4.69) is 27.4 Å². The molecule has 2 aliphatic heterocycles. The number of benzene rings is 1. The second-order valence-corrected chi connectivity index (χ2v) is 8.31. The molecule has 0 bridgehead atoms. The van der Waals surface area contributed by atoms with E-state index >= 15 is 0 Å². The third kappa shape index (κ3) is 5.08. The number of aliphatic imine (C=N–C) groups is 1. The maximum absolute atomic E-state index is 6.16. The van der Waals surface area contributed by atoms with Crippen molar-refractivity contribution in [2.75, 3.05) is 39.9 Å². The highest BCUT2D eigenvalue weighted by Gasteiger charge is 2.39. The van der Waals surface area contributed by atoms with Crippen molar-refractivity contribution < 1.29 is 4.74 Å². The highest BCUT2D eigenvalue weighted by Crippen LogP contribution is 2.31. The molecule has 2 N–H and O–H groups in total. The maximum atomic E-state index is 6.16. The lowest BCUT2D eigenvalue weighted by Crippen LogP contribution is -2.58. The van der Waals surface area contributed by atoms with Gasteiger partial charge in [0.2, 0.25) is 0 Å². The van der Waals surface area contributed by atoms with Gasteiger partial charge in [0.15, 0.2) is 5.96 Å². The molecule has 0 aromatic heterocycles. The van der Waals surface area contributed by atoms with Gasteiger partial charge in [-0.05, 0) is 63.4 Å². The van der Waals surface area contributed by atoms with E-state index < -0.39 is 0 Å². The Morgan fingerprint density at radius 2 is 1.93 bits per heavy atom. The highest BCUT2D eigenvalue weighted by atomic mass is 35.5. The number of ether oxygens (including phenoxy) is 1. The normalized spacial score (nSPS) is 21.9. The molecular formula is C20H30Cl2N4O. The lowest BCUT2D eigenvalue weighted by molar-refractivity contribution is -0.0164. The summed E-state index contributed by atoms with van der Waals surface area (Å²) in [5, 5.41) is 8.17. The van der Waals surface area contributed by atoms with E-state index in [-0.39, 0.29) is 11.6 Å². The van der Waals surface area contributed by atoms with Gasteiger partial charge < -0.3 is 15.4 Å². The van der Waals surface area contributed by atoms with E-state index in [0.717, 1.165) is 44.1 Å². The Hall–Kier alpha value is -1.01. The van der Waals surface area contributed by atoms with Crippen molar-refractivity contribution in [3.8, 4) is 0 Å². The first-order chi connectivity index (χ1) is 13.0. The van der Waals surface area contributed by atoms with Crippen LogP contribution in [-0.4, -0.2) is 56.3 Å². The number of rotatable bonds is 5. The summed E-state index contributed by atoms with van der Waals surface area (Å²) in [4.78, 5) is 7.07. The molecule has 5 nitrogen and oxygen atoms in total. The van der Waals surface area contributed by atoms with E-state index in [1.165, 1.54) is 25.9 Å². The molecule has 27 heavy (non-hydrogen) atoms. The smallest absolute Gasteiger partial charge is 0.191 e. The van der Waals surface area contributed by atoms with Crippen LogP contribution in [-0.2, 0) is 4.74 Å². The fraction of sp³-hybridized carbons (Fsp3) is 0.650. The predicted octanol–water partition coefficient (Wildman–Crippen LogP) is 3.86. The van der Waals surface area contributed by atoms with Crippen molar-refractivity contribution in [2.45, 2.75) is 44.2 Å². The lowest BCUT2D eigenvalue weighted by atomic mass is 9.88. The Morgan fingerprint density at radius 3 is 2.56 bits per heavy atom. The number of nitrogens with one attached hydrogen (secondary N) is 2. The van der Waals surface area contributed by atoms with Crippen LogP contribution in [0.15, 0.2) is 23.2 Å². The molecule has 150 valence electrons. The summed E-state index contributed by atoms with van der Waals surface area (Å²) in [5.41, 5.74) is 1.24. The molecule has 3 rings (SSSR count). The van der Waals surface area contributed by atoms with Crippen molar-refractivity contribution in [3.05, 3.63) is 33.8 Å². The first kappa shape index (κ1) is 20.7. The zero-order chi connectivity index (χ0) is 19.3. The second-order valence-electron chi connectivity index (χ2n) is 7.50. The average molecular weight is 413 g/mol. The predicted molar refractivity (Wildman–Crippen MR) is 113 cm³/mol. The number of hydrogen-bond donors (Lipinski definition) is 2. The minimum Gasteiger partial charge on any atom is -0.381 e. The van der Waals surface area contributed by atoms with E-state index in [1.54, 1.807) is 0 Å². The summed E-state index contributed by atoms with van der Waals surface area (Å²) in [6.07, 6.45) is 4.73. The summed E-state index contributed by atoms with van der Waals surface area (Å²) < 4.78 is 5.64. The van der Waals surface area contributed by atoms with Gasteiger partial charge in [-0.1, -0.05) is 29.3 Å². The van der Waals surface area contributed by atoms with Crippen LogP contribution in [0.5, 0.6) is 0 Å². The first-order valence-corrected chi connectivity index (χ1v) is 10.5. The van der Waals surface area contributed by atoms with E-state index in [0.29, 0.717) is 10.0 Å². The molecule has 2 aliphatic rings. The van der Waals surface area contributed by atoms with Crippen LogP contribution < -0.4 is 10.6 Å². The Kier molecular flexibility index (Phi) is 7.26. The van der Waals surface area contributed by atoms with Gasteiger partial charge >= 0.3 is 0 Å². The van der Waals surface area contributed by atoms with E-state index in [4.69, 9.17) is 27.9 Å². The molecule has 1 aromatic carbocycles. The Labute approximate surface area is 172 Å². The summed E-state index contributed by atoms with van der Waals surface area (Å²) in [7, 11) is 1.81. The number of likely N-dealkylation sites (tertiary alicyclic amines) is 1. The van der Waals surface area contributed by atoms with Crippen LogP contribution in [0.4, 0.5) is 0 Å². The Balaban J connectivity index is 1.62. The minimum absolute atomic E-state index is 0.0726. The van der Waals surface area contributed by atoms with Crippen molar-refractivity contribution in [3.63, 3.8) is 0 Å². The molecule has 1 aromatic rings. The fourth-order valence-electron chi connectivity index (χ4n) is 4.06. The monoisotopic (exact) mass is 412 g/mol. The van der Waals surface area contributed by atoms with Gasteiger partial charge in [-0.2, -0.15) is 0 Å². The third-order valence-electron chi connectivity index (χ3n) is 5.81. The summed E-state index contributed by atoms with van der Waals surface area (Å²) in [6, 6.07) is 5.80. The zero-order valence-corrected chi connectivity index (χ0v) is 17.7. The van der Waals surface area contributed by atoms with Crippen LogP contribution in [0.2, 0.25) is 10.0 Å². The average Bonchev–Trinajstić information content (AvgIpc) is 3.23. The molecule has 7 heteroatoms. The van der Waals surface area contributed by atoms with Gasteiger partial charge in [0.1, 0.15) is 0 Å². The van der Waals surface area contributed by atoms with Crippen LogP contribution in [0.3, 0.4) is 0 Å². The first-order valence-electron chi connectivity index (χ1n) is 9.79. The summed E-state index contributed by atoms with van der Waals surface area (Å²) in [5.74, 6) is 0.804. The molecule has 2 fully saturated rings. The number of guanidine groups is 1. The van der Waals surface area contributed by atoms with E-state index in [1.807, 2.05) is 25.2 Å². The lowest BCUT2D eigenvalue weighted by Gasteiger charge is -2.45. The molecule has 1 atom stereocenters. The number of hydrogen-bond acceptors (Lipinski definition) is 3. The number of halogens is 2. The second kappa shape index (κ2) is 9.46. The Bertz CT molecular complexity index is 655. The Morgan fingerprint density at radius 1 is 1.22 bits per heavy atom. The highest BCUT2D eigenvalue weighted by molar-refractivity contribution is 6.42. The molecule has 1 unspecified atom stereocenters. The van der Waals surface area contributed by atoms with Crippen LogP contribution in [0, 0.1) is 0 Å². The molecule has 0 spiro atoms. The molecule has 2 saturated heterocycles. The van der Waals surface area contributed by atoms with Crippen LogP contribution >= 0.6 is 23.2 Å². The van der Waals surface area contributed by atoms with Gasteiger partial charge in [0.05, 0.1) is 16.1 Å². The molecule has 0 aliphatic carbocycles. The van der Waals surface area contributed by atoms with Gasteiger partial charge in [0.25, 0.3) is 0 Å². The van der Waals surface area contributed by atoms with Crippen molar-refractivity contribution in [1.29, 1.82) is 0 Å². The quantitative estimate of drug-likeness (QED) is 0.569. The summed E-state index contributed by atoms with van der Waals surface area (Å²) in [6.45, 7) is 7.02. The molecule has 2 heterocycles. The summed E-state index contributed by atoms with van der Waals surface area (Å²) >= 11 is 12.2. The zero-order valence-electron chi connectivity index (χ0n) is 16.2. The molecule has 0 amide bonds. The van der Waals surface area contributed by atoms with E-state index in [9.17, 15) is 0 Å².